The summed E-state index contributed by atoms with van der Waals surface area (Å²) in [5.74, 6) is 0.162. The molecule has 23 heavy (non-hydrogen) atoms. The molecule has 0 radical (unpaired) electrons. The molecule has 0 bridgehead atoms. The number of carbonyl (C=O) groups excluding carboxylic acids is 1. The number of carbonyl (C=O) groups is 1. The molecule has 3 rings (SSSR count). The normalized spacial score (nSPS) is 23.4. The van der Waals surface area contributed by atoms with Crippen molar-refractivity contribution in [1.82, 2.24) is 4.90 Å². The third-order valence-corrected chi connectivity index (χ3v) is 6.92. The number of rotatable bonds is 2. The molecule has 2 saturated heterocycles. The van der Waals surface area contributed by atoms with E-state index < -0.39 is 15.3 Å². The Hall–Kier alpha value is -0.920. The third kappa shape index (κ3) is 3.46. The van der Waals surface area contributed by atoms with Crippen molar-refractivity contribution in [1.29, 1.82) is 0 Å². The van der Waals surface area contributed by atoms with Gasteiger partial charge in [-0.05, 0) is 30.5 Å². The predicted octanol–water partition coefficient (Wildman–Crippen LogP) is 1.75. The lowest BCUT2D eigenvalue weighted by Gasteiger charge is -2.41. The average Bonchev–Trinajstić information content (AvgIpc) is 2.55. The summed E-state index contributed by atoms with van der Waals surface area (Å²) in [4.78, 5) is 15.0. The van der Waals surface area contributed by atoms with E-state index in [0.717, 1.165) is 10.0 Å². The maximum absolute atomic E-state index is 13.2. The van der Waals surface area contributed by atoms with Crippen molar-refractivity contribution in [2.75, 3.05) is 37.8 Å². The average molecular weight is 402 g/mol. The molecule has 0 atom stereocenters. The Morgan fingerprint density at radius 1 is 1.09 bits per heavy atom. The molecule has 0 unspecified atom stereocenters. The lowest BCUT2D eigenvalue weighted by Crippen LogP contribution is -2.54. The molecular formula is C16H20BrNO4S. The summed E-state index contributed by atoms with van der Waals surface area (Å²) in [6, 6.07) is 7.85. The molecule has 1 aromatic carbocycles. The summed E-state index contributed by atoms with van der Waals surface area (Å²) in [5.41, 5.74) is 0.391. The van der Waals surface area contributed by atoms with Crippen LogP contribution in [0.25, 0.3) is 0 Å². The van der Waals surface area contributed by atoms with Crippen LogP contribution in [-0.2, 0) is 24.8 Å². The van der Waals surface area contributed by atoms with Crippen LogP contribution in [0.2, 0.25) is 0 Å². The van der Waals surface area contributed by atoms with Crippen LogP contribution >= 0.6 is 15.9 Å². The smallest absolute Gasteiger partial charge is 0.233 e. The second-order valence-electron chi connectivity index (χ2n) is 6.15. The molecule has 1 aromatic rings. The van der Waals surface area contributed by atoms with Crippen LogP contribution in [0.1, 0.15) is 18.4 Å². The zero-order chi connectivity index (χ0) is 16.5. The Balaban J connectivity index is 1.89. The van der Waals surface area contributed by atoms with Crippen molar-refractivity contribution in [3.63, 3.8) is 0 Å². The zero-order valence-corrected chi connectivity index (χ0v) is 15.2. The fraction of sp³-hybridized carbons (Fsp3) is 0.562. The summed E-state index contributed by atoms with van der Waals surface area (Å²) < 4.78 is 29.7. The van der Waals surface area contributed by atoms with Gasteiger partial charge in [-0.25, -0.2) is 8.42 Å². The number of hydrogen-bond acceptors (Lipinski definition) is 4. The second kappa shape index (κ2) is 6.53. The summed E-state index contributed by atoms with van der Waals surface area (Å²) in [5, 5.41) is 0. The molecule has 5 nitrogen and oxygen atoms in total. The highest BCUT2D eigenvalue weighted by molar-refractivity contribution is 9.10. The van der Waals surface area contributed by atoms with Crippen LogP contribution in [0.5, 0.6) is 0 Å². The van der Waals surface area contributed by atoms with Crippen molar-refractivity contribution < 1.29 is 17.9 Å². The standard InChI is InChI=1S/C16H20BrNO4S/c17-14-3-1-13(2-4-14)16(5-9-22-10-6-16)15(19)18-7-11-23(20,21)12-8-18/h1-4H,5-12H2. The fourth-order valence-corrected chi connectivity index (χ4v) is 4.80. The van der Waals surface area contributed by atoms with E-state index in [1.807, 2.05) is 24.3 Å². The van der Waals surface area contributed by atoms with Gasteiger partial charge in [0.15, 0.2) is 9.84 Å². The van der Waals surface area contributed by atoms with Crippen LogP contribution in [-0.4, -0.2) is 57.0 Å². The molecule has 2 heterocycles. The minimum Gasteiger partial charge on any atom is -0.381 e. The van der Waals surface area contributed by atoms with Gasteiger partial charge in [0.2, 0.25) is 5.91 Å². The maximum atomic E-state index is 13.2. The van der Waals surface area contributed by atoms with Gasteiger partial charge in [-0.3, -0.25) is 4.79 Å². The molecule has 0 saturated carbocycles. The van der Waals surface area contributed by atoms with Gasteiger partial charge in [0.1, 0.15) is 0 Å². The van der Waals surface area contributed by atoms with Crippen molar-refractivity contribution in [3.8, 4) is 0 Å². The summed E-state index contributed by atoms with van der Waals surface area (Å²) >= 11 is 3.43. The van der Waals surface area contributed by atoms with Gasteiger partial charge in [0, 0.05) is 30.8 Å². The first-order chi connectivity index (χ1) is 10.9. The van der Waals surface area contributed by atoms with Crippen molar-refractivity contribution in [3.05, 3.63) is 34.3 Å². The van der Waals surface area contributed by atoms with E-state index in [0.29, 0.717) is 39.1 Å². The maximum Gasteiger partial charge on any atom is 0.233 e. The SMILES string of the molecule is O=C(N1CCS(=O)(=O)CC1)C1(c2ccc(Br)cc2)CCOCC1. The van der Waals surface area contributed by atoms with Crippen LogP contribution in [0.3, 0.4) is 0 Å². The molecule has 7 heteroatoms. The van der Waals surface area contributed by atoms with E-state index in [2.05, 4.69) is 15.9 Å². The number of nitrogens with zero attached hydrogens (tertiary/aromatic N) is 1. The predicted molar refractivity (Wildman–Crippen MR) is 91.1 cm³/mol. The van der Waals surface area contributed by atoms with Crippen molar-refractivity contribution in [2.24, 2.45) is 0 Å². The first-order valence-electron chi connectivity index (χ1n) is 7.77. The van der Waals surface area contributed by atoms with Crippen LogP contribution in [0.4, 0.5) is 0 Å². The van der Waals surface area contributed by atoms with Gasteiger partial charge in [0.25, 0.3) is 0 Å². The molecule has 2 aliphatic rings. The Labute approximate surface area is 145 Å². The largest absolute Gasteiger partial charge is 0.381 e. The van der Waals surface area contributed by atoms with E-state index in [9.17, 15) is 13.2 Å². The molecule has 0 spiro atoms. The molecule has 2 aliphatic heterocycles. The highest BCUT2D eigenvalue weighted by Gasteiger charge is 2.44. The second-order valence-corrected chi connectivity index (χ2v) is 9.36. The summed E-state index contributed by atoms with van der Waals surface area (Å²) in [6.07, 6.45) is 1.27. The number of halogens is 1. The van der Waals surface area contributed by atoms with Crippen molar-refractivity contribution in [2.45, 2.75) is 18.3 Å². The van der Waals surface area contributed by atoms with Crippen LogP contribution in [0.15, 0.2) is 28.7 Å². The van der Waals surface area contributed by atoms with Gasteiger partial charge in [-0.2, -0.15) is 0 Å². The minimum atomic E-state index is -2.99. The van der Waals surface area contributed by atoms with Gasteiger partial charge >= 0.3 is 0 Å². The molecule has 1 amide bonds. The van der Waals surface area contributed by atoms with E-state index in [1.165, 1.54) is 0 Å². The van der Waals surface area contributed by atoms with Gasteiger partial charge in [-0.15, -0.1) is 0 Å². The Bertz CT molecular complexity index is 667. The summed E-state index contributed by atoms with van der Waals surface area (Å²) in [7, 11) is -2.99. The Kier molecular flexibility index (Phi) is 4.80. The lowest BCUT2D eigenvalue weighted by atomic mass is 9.73. The first-order valence-corrected chi connectivity index (χ1v) is 10.4. The number of hydrogen-bond donors (Lipinski definition) is 0. The van der Waals surface area contributed by atoms with E-state index >= 15 is 0 Å². The first kappa shape index (κ1) is 16.9. The highest BCUT2D eigenvalue weighted by Crippen LogP contribution is 2.37. The number of amides is 1. The number of benzene rings is 1. The minimum absolute atomic E-state index is 0.0398. The quantitative estimate of drug-likeness (QED) is 0.756. The molecule has 126 valence electrons. The van der Waals surface area contributed by atoms with Crippen LogP contribution < -0.4 is 0 Å². The molecular weight excluding hydrogens is 382 g/mol. The topological polar surface area (TPSA) is 63.7 Å². The molecule has 0 aliphatic carbocycles. The van der Waals surface area contributed by atoms with E-state index in [-0.39, 0.29) is 17.4 Å². The Morgan fingerprint density at radius 3 is 2.22 bits per heavy atom. The lowest BCUT2D eigenvalue weighted by molar-refractivity contribution is -0.141. The molecule has 0 aromatic heterocycles. The fourth-order valence-electron chi connectivity index (χ4n) is 3.33. The van der Waals surface area contributed by atoms with E-state index in [4.69, 9.17) is 4.74 Å². The number of ether oxygens (including phenoxy) is 1. The van der Waals surface area contributed by atoms with Gasteiger partial charge < -0.3 is 9.64 Å². The van der Waals surface area contributed by atoms with Crippen molar-refractivity contribution >= 4 is 31.7 Å². The third-order valence-electron chi connectivity index (χ3n) is 4.78. The van der Waals surface area contributed by atoms with E-state index in [1.54, 1.807) is 4.90 Å². The monoisotopic (exact) mass is 401 g/mol. The van der Waals surface area contributed by atoms with Gasteiger partial charge in [0.05, 0.1) is 16.9 Å². The Morgan fingerprint density at radius 2 is 1.65 bits per heavy atom. The number of sulfone groups is 1. The highest BCUT2D eigenvalue weighted by atomic mass is 79.9. The van der Waals surface area contributed by atoms with Crippen LogP contribution in [0, 0.1) is 0 Å². The summed E-state index contributed by atoms with van der Waals surface area (Å²) in [6.45, 7) is 1.68. The zero-order valence-electron chi connectivity index (χ0n) is 12.8. The molecule has 2 fully saturated rings. The van der Waals surface area contributed by atoms with Gasteiger partial charge in [-0.1, -0.05) is 28.1 Å². The molecule has 0 N–H and O–H groups in total.